The first-order valence-corrected chi connectivity index (χ1v) is 6.01. The molecule has 4 saturated carbocycles. The molecule has 0 heterocycles. The molecule has 2 unspecified atom stereocenters. The molecule has 0 aliphatic heterocycles. The van der Waals surface area contributed by atoms with Gasteiger partial charge in [-0.25, -0.2) is 0 Å². The third-order valence-corrected chi connectivity index (χ3v) is 5.10. The Morgan fingerprint density at radius 3 is 2.23 bits per heavy atom. The molecule has 3 heteroatoms. The van der Waals surface area contributed by atoms with Crippen LogP contribution in [-0.4, -0.2) is 15.9 Å². The maximum absolute atomic E-state index is 11.2. The van der Waals surface area contributed by atoms with Gasteiger partial charge in [0.25, 0.3) is 0 Å². The highest BCUT2D eigenvalue weighted by molar-refractivity contribution is 7.26. The third kappa shape index (κ3) is 1.12. The van der Waals surface area contributed by atoms with Crippen molar-refractivity contribution in [3.63, 3.8) is 0 Å². The molecule has 4 aliphatic rings. The third-order valence-electron chi connectivity index (χ3n) is 4.19. The Morgan fingerprint density at radius 1 is 1.15 bits per heavy atom. The summed E-state index contributed by atoms with van der Waals surface area (Å²) in [6.07, 6.45) is 6.20. The molecule has 0 saturated heterocycles. The van der Waals surface area contributed by atoms with Crippen LogP contribution in [0.25, 0.3) is 0 Å². The van der Waals surface area contributed by atoms with Gasteiger partial charge in [0, 0.05) is 0 Å². The maximum atomic E-state index is 11.2. The summed E-state index contributed by atoms with van der Waals surface area (Å²) in [5.41, 5.74) is -0.443. The van der Waals surface area contributed by atoms with E-state index >= 15 is 0 Å². The van der Waals surface area contributed by atoms with Gasteiger partial charge in [-0.15, -0.1) is 0 Å². The number of hydrogen-bond donors (Lipinski definition) is 1. The van der Waals surface area contributed by atoms with Gasteiger partial charge in [0.05, 0.1) is 10.8 Å². The van der Waals surface area contributed by atoms with Crippen molar-refractivity contribution in [1.29, 1.82) is 0 Å². The fourth-order valence-corrected chi connectivity index (χ4v) is 5.30. The van der Waals surface area contributed by atoms with Crippen LogP contribution in [0.15, 0.2) is 0 Å². The number of hydrogen-bond acceptors (Lipinski definition) is 2. The Bertz CT molecular complexity index is 250. The van der Waals surface area contributed by atoms with Crippen molar-refractivity contribution < 1.29 is 9.67 Å². The van der Waals surface area contributed by atoms with Crippen molar-refractivity contribution in [2.75, 3.05) is 0 Å². The summed E-state index contributed by atoms with van der Waals surface area (Å²) in [6.45, 7) is 0. The monoisotopic (exact) mass is 198 g/mol. The lowest BCUT2D eigenvalue weighted by Gasteiger charge is -2.57. The zero-order valence-electron chi connectivity index (χ0n) is 7.70. The first kappa shape index (κ1) is 8.38. The van der Waals surface area contributed by atoms with Gasteiger partial charge in [-0.05, 0) is 50.4 Å². The van der Waals surface area contributed by atoms with Crippen molar-refractivity contribution in [3.05, 3.63) is 0 Å². The van der Waals surface area contributed by atoms with Crippen molar-refractivity contribution >= 4 is 8.46 Å². The molecule has 0 aromatic carbocycles. The molecule has 72 valence electrons. The van der Waals surface area contributed by atoms with Crippen LogP contribution in [0.1, 0.15) is 38.5 Å². The summed E-state index contributed by atoms with van der Waals surface area (Å²) < 4.78 is 11.2. The smallest absolute Gasteiger partial charge is 0.162 e. The van der Waals surface area contributed by atoms with Crippen LogP contribution >= 0.6 is 8.46 Å². The zero-order chi connectivity index (χ0) is 9.10. The predicted octanol–water partition coefficient (Wildman–Crippen LogP) is 2.36. The lowest BCUT2D eigenvalue weighted by Crippen LogP contribution is -2.56. The van der Waals surface area contributed by atoms with Crippen LogP contribution in [-0.2, 0) is 4.57 Å². The fraction of sp³-hybridized carbons (Fsp3) is 1.00. The van der Waals surface area contributed by atoms with Crippen LogP contribution < -0.4 is 0 Å². The topological polar surface area (TPSA) is 37.3 Å². The van der Waals surface area contributed by atoms with E-state index in [0.29, 0.717) is 11.8 Å². The van der Waals surface area contributed by atoms with Crippen LogP contribution in [0.2, 0.25) is 0 Å². The van der Waals surface area contributed by atoms with Crippen molar-refractivity contribution in [1.82, 2.24) is 0 Å². The minimum atomic E-state index is -0.443. The second-order valence-electron chi connectivity index (χ2n) is 5.50. The van der Waals surface area contributed by atoms with Gasteiger partial charge in [-0.1, -0.05) is 0 Å². The molecule has 0 radical (unpaired) electrons. The number of aliphatic hydroxyl groups is 1. The quantitative estimate of drug-likeness (QED) is 0.657. The average molecular weight is 198 g/mol. The molecule has 4 aliphatic carbocycles. The SMILES string of the molecule is O=PC12C[C@@H]3C[C@@H](CC(O)(C3)C1)C2. The summed E-state index contributed by atoms with van der Waals surface area (Å²) in [7, 11) is 0.286. The molecule has 0 spiro atoms. The van der Waals surface area contributed by atoms with Gasteiger partial charge in [0.2, 0.25) is 0 Å². The highest BCUT2D eigenvalue weighted by atomic mass is 31.1. The number of rotatable bonds is 1. The van der Waals surface area contributed by atoms with E-state index in [1.165, 1.54) is 6.42 Å². The second-order valence-corrected chi connectivity index (χ2v) is 6.63. The van der Waals surface area contributed by atoms with E-state index in [4.69, 9.17) is 0 Å². The summed E-state index contributed by atoms with van der Waals surface area (Å²) in [4.78, 5) is 0. The van der Waals surface area contributed by atoms with Gasteiger partial charge in [0.15, 0.2) is 8.46 Å². The molecule has 0 aromatic rings. The first-order valence-electron chi connectivity index (χ1n) is 5.20. The zero-order valence-corrected chi connectivity index (χ0v) is 8.59. The largest absolute Gasteiger partial charge is 0.390 e. The van der Waals surface area contributed by atoms with E-state index in [1.807, 2.05) is 0 Å². The Labute approximate surface area is 79.9 Å². The Balaban J connectivity index is 2.00. The molecule has 4 bridgehead atoms. The highest BCUT2D eigenvalue weighted by Gasteiger charge is 2.57. The van der Waals surface area contributed by atoms with E-state index in [1.54, 1.807) is 0 Å². The minimum absolute atomic E-state index is 0.0289. The van der Waals surface area contributed by atoms with Crippen LogP contribution in [0.3, 0.4) is 0 Å². The molecular weight excluding hydrogens is 183 g/mol. The summed E-state index contributed by atoms with van der Waals surface area (Å²) in [5.74, 6) is 1.32. The Kier molecular flexibility index (Phi) is 1.51. The Hall–Kier alpha value is 0.0600. The van der Waals surface area contributed by atoms with Gasteiger partial charge in [-0.3, -0.25) is 4.57 Å². The highest BCUT2D eigenvalue weighted by Crippen LogP contribution is 2.61. The van der Waals surface area contributed by atoms with E-state index in [-0.39, 0.29) is 13.6 Å². The van der Waals surface area contributed by atoms with Crippen molar-refractivity contribution in [2.24, 2.45) is 11.8 Å². The van der Waals surface area contributed by atoms with Crippen molar-refractivity contribution in [2.45, 2.75) is 49.3 Å². The fourth-order valence-electron chi connectivity index (χ4n) is 4.27. The molecule has 4 atom stereocenters. The van der Waals surface area contributed by atoms with E-state index < -0.39 is 5.60 Å². The summed E-state index contributed by atoms with van der Waals surface area (Å²) in [6, 6.07) is 0. The van der Waals surface area contributed by atoms with E-state index in [9.17, 15) is 9.67 Å². The van der Waals surface area contributed by atoms with Gasteiger partial charge in [0.1, 0.15) is 0 Å². The van der Waals surface area contributed by atoms with Gasteiger partial charge >= 0.3 is 0 Å². The predicted molar refractivity (Wildman–Crippen MR) is 50.0 cm³/mol. The standard InChI is InChI=1S/C10H15O2P/c11-9-2-7-1-8(3-9)5-10(4-7,6-9)13-12/h7-8,11H,1-6H2/t7-,8+,9?,10?. The summed E-state index contributed by atoms with van der Waals surface area (Å²) in [5, 5.41) is 10.2. The maximum Gasteiger partial charge on any atom is 0.162 e. The van der Waals surface area contributed by atoms with Crippen LogP contribution in [0.5, 0.6) is 0 Å². The molecule has 4 fully saturated rings. The van der Waals surface area contributed by atoms with Gasteiger partial charge < -0.3 is 5.11 Å². The lowest BCUT2D eigenvalue weighted by molar-refractivity contribution is -0.115. The first-order chi connectivity index (χ1) is 6.13. The van der Waals surface area contributed by atoms with Crippen LogP contribution in [0, 0.1) is 11.8 Å². The lowest BCUT2D eigenvalue weighted by atomic mass is 9.54. The molecule has 0 aromatic heterocycles. The van der Waals surface area contributed by atoms with E-state index in [2.05, 4.69) is 0 Å². The minimum Gasteiger partial charge on any atom is -0.390 e. The van der Waals surface area contributed by atoms with Gasteiger partial charge in [-0.2, -0.15) is 0 Å². The van der Waals surface area contributed by atoms with Crippen molar-refractivity contribution in [3.8, 4) is 0 Å². The molecule has 0 amide bonds. The van der Waals surface area contributed by atoms with Crippen LogP contribution in [0.4, 0.5) is 0 Å². The second kappa shape index (κ2) is 2.35. The molecular formula is C10H15O2P. The molecule has 2 nitrogen and oxygen atoms in total. The van der Waals surface area contributed by atoms with E-state index in [0.717, 1.165) is 32.1 Å². The Morgan fingerprint density at radius 2 is 1.77 bits per heavy atom. The molecule has 13 heavy (non-hydrogen) atoms. The average Bonchev–Trinajstić information content (AvgIpc) is 1.99. The summed E-state index contributed by atoms with van der Waals surface area (Å²) >= 11 is 0. The molecule has 1 N–H and O–H groups in total. The molecule has 4 rings (SSSR count). The normalized spacial score (nSPS) is 58.8.